The summed E-state index contributed by atoms with van der Waals surface area (Å²) in [6.45, 7) is 2.36. The fraction of sp³-hybridized carbons (Fsp3) is 0.150. The molecule has 6 nitrogen and oxygen atoms in total. The maximum absolute atomic E-state index is 14.8. The first-order valence-corrected chi connectivity index (χ1v) is 8.57. The van der Waals surface area contributed by atoms with E-state index in [0.717, 1.165) is 0 Å². The number of halogens is 1. The van der Waals surface area contributed by atoms with Gasteiger partial charge in [-0.2, -0.15) is 5.10 Å². The summed E-state index contributed by atoms with van der Waals surface area (Å²) >= 11 is 0. The van der Waals surface area contributed by atoms with Crippen LogP contribution in [0.15, 0.2) is 61.1 Å². The van der Waals surface area contributed by atoms with Crippen LogP contribution in [0.1, 0.15) is 6.92 Å². The van der Waals surface area contributed by atoms with Gasteiger partial charge in [-0.15, -0.1) is 0 Å². The fourth-order valence-electron chi connectivity index (χ4n) is 2.89. The number of hydrogen-bond acceptors (Lipinski definition) is 5. The molecule has 0 saturated heterocycles. The van der Waals surface area contributed by atoms with Crippen LogP contribution in [-0.2, 0) is 6.54 Å². The first kappa shape index (κ1) is 17.1. The number of nitrogens with zero attached hydrogens (tertiary/aromatic N) is 4. The Balaban J connectivity index is 1.73. The molecule has 2 N–H and O–H groups in total. The average Bonchev–Trinajstić information content (AvgIpc) is 3.01. The Kier molecular flexibility index (Phi) is 4.52. The molecule has 4 rings (SSSR count). The van der Waals surface area contributed by atoms with E-state index in [4.69, 9.17) is 10.5 Å². The zero-order valence-corrected chi connectivity index (χ0v) is 14.7. The highest BCUT2D eigenvalue weighted by Crippen LogP contribution is 2.31. The van der Waals surface area contributed by atoms with Crippen LogP contribution in [0, 0.1) is 5.82 Å². The number of aromatic nitrogens is 4. The monoisotopic (exact) mass is 363 g/mol. The second-order valence-corrected chi connectivity index (χ2v) is 6.32. The number of hydrogen-bond donors (Lipinski definition) is 1. The third kappa shape index (κ3) is 3.50. The Labute approximate surface area is 155 Å². The van der Waals surface area contributed by atoms with E-state index in [1.165, 1.54) is 12.4 Å². The molecule has 2 aromatic heterocycles. The van der Waals surface area contributed by atoms with Crippen LogP contribution in [0.5, 0.6) is 11.5 Å². The first-order valence-electron chi connectivity index (χ1n) is 8.57. The van der Waals surface area contributed by atoms with Crippen molar-refractivity contribution in [1.82, 2.24) is 19.7 Å². The molecule has 0 fully saturated rings. The summed E-state index contributed by atoms with van der Waals surface area (Å²) < 4.78 is 22.2. The zero-order chi connectivity index (χ0) is 18.8. The minimum atomic E-state index is -0.431. The number of benzene rings is 2. The van der Waals surface area contributed by atoms with E-state index in [9.17, 15) is 4.39 Å². The van der Waals surface area contributed by atoms with E-state index in [-0.39, 0.29) is 6.04 Å². The summed E-state index contributed by atoms with van der Waals surface area (Å²) in [5.41, 5.74) is 7.36. The molecule has 136 valence electrons. The van der Waals surface area contributed by atoms with Crippen LogP contribution >= 0.6 is 0 Å². The van der Waals surface area contributed by atoms with Gasteiger partial charge in [-0.05, 0) is 31.2 Å². The zero-order valence-electron chi connectivity index (χ0n) is 14.7. The lowest BCUT2D eigenvalue weighted by Crippen LogP contribution is -2.23. The van der Waals surface area contributed by atoms with E-state index < -0.39 is 5.82 Å². The molecule has 0 aliphatic rings. The largest absolute Gasteiger partial charge is 0.457 e. The highest BCUT2D eigenvalue weighted by Gasteiger charge is 2.18. The summed E-state index contributed by atoms with van der Waals surface area (Å²) in [5.74, 6) is 0.627. The van der Waals surface area contributed by atoms with Gasteiger partial charge in [0.05, 0.1) is 11.9 Å². The fourth-order valence-corrected chi connectivity index (χ4v) is 2.89. The van der Waals surface area contributed by atoms with Gasteiger partial charge in [0.25, 0.3) is 0 Å². The second-order valence-electron chi connectivity index (χ2n) is 6.32. The van der Waals surface area contributed by atoms with Crippen molar-refractivity contribution in [3.8, 4) is 22.8 Å². The normalized spacial score (nSPS) is 12.3. The number of nitrogens with two attached hydrogens (primary N) is 1. The molecule has 7 heteroatoms. The van der Waals surface area contributed by atoms with Crippen LogP contribution in [0.4, 0.5) is 4.39 Å². The smallest absolute Gasteiger partial charge is 0.161 e. The lowest BCUT2D eigenvalue weighted by atomic mass is 10.1. The van der Waals surface area contributed by atoms with Crippen molar-refractivity contribution < 1.29 is 9.13 Å². The Morgan fingerprint density at radius 2 is 1.96 bits per heavy atom. The SMILES string of the molecule is C[C@H](N)Cn1nc(-c2ccc(Oc3ccccc3)cc2F)c2cncnc21. The maximum atomic E-state index is 14.8. The Morgan fingerprint density at radius 3 is 2.70 bits per heavy atom. The van der Waals surface area contributed by atoms with Gasteiger partial charge in [0.2, 0.25) is 0 Å². The molecule has 0 saturated carbocycles. The summed E-state index contributed by atoms with van der Waals surface area (Å²) in [5, 5.41) is 5.20. The molecular weight excluding hydrogens is 345 g/mol. The highest BCUT2D eigenvalue weighted by atomic mass is 19.1. The van der Waals surface area contributed by atoms with Crippen molar-refractivity contribution in [1.29, 1.82) is 0 Å². The van der Waals surface area contributed by atoms with Crippen LogP contribution in [0.3, 0.4) is 0 Å². The van der Waals surface area contributed by atoms with Crippen LogP contribution in [0.25, 0.3) is 22.3 Å². The summed E-state index contributed by atoms with van der Waals surface area (Å²) in [7, 11) is 0. The van der Waals surface area contributed by atoms with E-state index in [0.29, 0.717) is 40.3 Å². The lowest BCUT2D eigenvalue weighted by Gasteiger charge is -2.07. The van der Waals surface area contributed by atoms with Gasteiger partial charge in [0.15, 0.2) is 5.65 Å². The van der Waals surface area contributed by atoms with Crippen molar-refractivity contribution in [3.05, 3.63) is 66.9 Å². The van der Waals surface area contributed by atoms with E-state index in [1.807, 2.05) is 37.3 Å². The Hall–Kier alpha value is -3.32. The number of fused-ring (bicyclic) bond motifs is 1. The van der Waals surface area contributed by atoms with Crippen molar-refractivity contribution in [2.45, 2.75) is 19.5 Å². The van der Waals surface area contributed by atoms with Crippen molar-refractivity contribution >= 4 is 11.0 Å². The molecule has 0 unspecified atom stereocenters. The standard InChI is InChI=1S/C20H18FN5O/c1-13(22)11-26-20-17(10-23-12-24-20)19(25-26)16-8-7-15(9-18(16)21)27-14-5-3-2-4-6-14/h2-10,12-13H,11,22H2,1H3/t13-/m0/s1. The predicted molar refractivity (Wildman–Crippen MR) is 101 cm³/mol. The molecule has 0 radical (unpaired) electrons. The molecule has 0 bridgehead atoms. The van der Waals surface area contributed by atoms with Crippen LogP contribution in [0.2, 0.25) is 0 Å². The topological polar surface area (TPSA) is 78.9 Å². The summed E-state index contributed by atoms with van der Waals surface area (Å²) in [4.78, 5) is 8.32. The van der Waals surface area contributed by atoms with Gasteiger partial charge in [-0.25, -0.2) is 19.0 Å². The molecule has 0 aliphatic carbocycles. The van der Waals surface area contributed by atoms with Gasteiger partial charge in [-0.1, -0.05) is 18.2 Å². The summed E-state index contributed by atoms with van der Waals surface area (Å²) in [6, 6.07) is 13.8. The van der Waals surface area contributed by atoms with Crippen molar-refractivity contribution in [2.75, 3.05) is 0 Å². The third-order valence-corrected chi connectivity index (χ3v) is 4.05. The highest BCUT2D eigenvalue weighted by molar-refractivity contribution is 5.90. The second kappa shape index (κ2) is 7.13. The first-order chi connectivity index (χ1) is 13.1. The van der Waals surface area contributed by atoms with Crippen molar-refractivity contribution in [2.24, 2.45) is 5.73 Å². The molecule has 2 aromatic carbocycles. The molecule has 1 atom stereocenters. The molecule has 0 amide bonds. The Bertz CT molecular complexity index is 1080. The molecule has 0 aliphatic heterocycles. The lowest BCUT2D eigenvalue weighted by molar-refractivity contribution is 0.477. The molecule has 4 aromatic rings. The molecule has 27 heavy (non-hydrogen) atoms. The van der Waals surface area contributed by atoms with Gasteiger partial charge in [0.1, 0.15) is 29.3 Å². The van der Waals surface area contributed by atoms with E-state index >= 15 is 0 Å². The third-order valence-electron chi connectivity index (χ3n) is 4.05. The Morgan fingerprint density at radius 1 is 1.15 bits per heavy atom. The van der Waals surface area contributed by atoms with Crippen LogP contribution < -0.4 is 10.5 Å². The van der Waals surface area contributed by atoms with Crippen molar-refractivity contribution in [3.63, 3.8) is 0 Å². The minimum absolute atomic E-state index is 0.109. The summed E-state index contributed by atoms with van der Waals surface area (Å²) in [6.07, 6.45) is 3.08. The number of ether oxygens (including phenoxy) is 1. The van der Waals surface area contributed by atoms with Crippen LogP contribution in [-0.4, -0.2) is 25.8 Å². The van der Waals surface area contributed by atoms with E-state index in [1.54, 1.807) is 23.0 Å². The number of para-hydroxylation sites is 1. The predicted octanol–water partition coefficient (Wildman–Crippen LogP) is 3.77. The maximum Gasteiger partial charge on any atom is 0.161 e. The van der Waals surface area contributed by atoms with Gasteiger partial charge >= 0.3 is 0 Å². The van der Waals surface area contributed by atoms with Gasteiger partial charge in [-0.3, -0.25) is 0 Å². The molecule has 2 heterocycles. The molecular formula is C20H18FN5O. The number of rotatable bonds is 5. The quantitative estimate of drug-likeness (QED) is 0.584. The van der Waals surface area contributed by atoms with Gasteiger partial charge < -0.3 is 10.5 Å². The van der Waals surface area contributed by atoms with E-state index in [2.05, 4.69) is 15.1 Å². The van der Waals surface area contributed by atoms with Gasteiger partial charge in [0, 0.05) is 23.9 Å². The molecule has 0 spiro atoms. The minimum Gasteiger partial charge on any atom is -0.457 e. The average molecular weight is 363 g/mol.